The lowest BCUT2D eigenvalue weighted by Gasteiger charge is -2.13. The van der Waals surface area contributed by atoms with E-state index in [0.29, 0.717) is 6.61 Å². The maximum absolute atomic E-state index is 6.03. The second-order valence-electron chi connectivity index (χ2n) is 6.34. The molecule has 0 fully saturated rings. The molecule has 0 aliphatic heterocycles. The van der Waals surface area contributed by atoms with Crippen LogP contribution < -0.4 is 10.1 Å². The lowest BCUT2D eigenvalue weighted by molar-refractivity contribution is 0.319. The maximum Gasteiger partial charge on any atom is 0.124 e. The molecule has 0 radical (unpaired) electrons. The van der Waals surface area contributed by atoms with E-state index in [1.165, 1.54) is 22.3 Å². The summed E-state index contributed by atoms with van der Waals surface area (Å²) in [4.78, 5) is 0. The molecule has 0 saturated carbocycles. The van der Waals surface area contributed by atoms with Crippen molar-refractivity contribution in [2.45, 2.75) is 26.8 Å². The average Bonchev–Trinajstić information content (AvgIpc) is 2.64. The van der Waals surface area contributed by atoms with E-state index in [1.54, 1.807) is 0 Å². The van der Waals surface area contributed by atoms with E-state index >= 15 is 0 Å². The minimum atomic E-state index is 0.685. The first-order valence-electron chi connectivity index (χ1n) is 8.78. The minimum Gasteiger partial charge on any atom is -0.493 e. The first kappa shape index (κ1) is 17.1. The summed E-state index contributed by atoms with van der Waals surface area (Å²) in [6.45, 7) is 5.71. The molecule has 0 atom stereocenters. The molecule has 25 heavy (non-hydrogen) atoms. The van der Waals surface area contributed by atoms with Gasteiger partial charge < -0.3 is 10.1 Å². The predicted molar refractivity (Wildman–Crippen MR) is 105 cm³/mol. The monoisotopic (exact) mass is 331 g/mol. The van der Waals surface area contributed by atoms with Crippen molar-refractivity contribution in [2.24, 2.45) is 0 Å². The van der Waals surface area contributed by atoms with Crippen LogP contribution in [0.25, 0.3) is 0 Å². The van der Waals surface area contributed by atoms with Crippen LogP contribution in [-0.4, -0.2) is 6.61 Å². The van der Waals surface area contributed by atoms with Gasteiger partial charge in [-0.05, 0) is 48.7 Å². The molecule has 1 N–H and O–H groups in total. The molecule has 3 rings (SSSR count). The first-order valence-corrected chi connectivity index (χ1v) is 8.78. The summed E-state index contributed by atoms with van der Waals surface area (Å²) in [7, 11) is 0. The quantitative estimate of drug-likeness (QED) is 0.614. The van der Waals surface area contributed by atoms with E-state index < -0.39 is 0 Å². The van der Waals surface area contributed by atoms with Gasteiger partial charge in [0.25, 0.3) is 0 Å². The summed E-state index contributed by atoms with van der Waals surface area (Å²) < 4.78 is 6.03. The highest BCUT2D eigenvalue weighted by Gasteiger charge is 2.04. The Hall–Kier alpha value is -2.74. The van der Waals surface area contributed by atoms with Crippen LogP contribution in [0.15, 0.2) is 72.8 Å². The van der Waals surface area contributed by atoms with Gasteiger partial charge in [-0.1, -0.05) is 54.6 Å². The molecule has 0 aliphatic rings. The van der Waals surface area contributed by atoms with E-state index in [-0.39, 0.29) is 0 Å². The number of para-hydroxylation sites is 1. The number of hydrogen-bond donors (Lipinski definition) is 1. The normalized spacial score (nSPS) is 10.5. The molecule has 128 valence electrons. The van der Waals surface area contributed by atoms with Crippen molar-refractivity contribution in [3.63, 3.8) is 0 Å². The molecular weight excluding hydrogens is 306 g/mol. The summed E-state index contributed by atoms with van der Waals surface area (Å²) in [5, 5.41) is 3.50. The number of benzene rings is 3. The largest absolute Gasteiger partial charge is 0.493 e. The van der Waals surface area contributed by atoms with Crippen LogP contribution in [0.4, 0.5) is 5.69 Å². The molecule has 0 amide bonds. The van der Waals surface area contributed by atoms with Gasteiger partial charge in [0.1, 0.15) is 5.75 Å². The fourth-order valence-corrected chi connectivity index (χ4v) is 2.76. The minimum absolute atomic E-state index is 0.685. The van der Waals surface area contributed by atoms with E-state index in [2.05, 4.69) is 73.8 Å². The third-order valence-corrected chi connectivity index (χ3v) is 4.45. The van der Waals surface area contributed by atoms with E-state index in [9.17, 15) is 0 Å². The SMILES string of the molecule is Cc1ccc(NCc2ccccc2OCCc2ccccc2)cc1C. The van der Waals surface area contributed by atoms with Crippen LogP contribution in [0.1, 0.15) is 22.3 Å². The highest BCUT2D eigenvalue weighted by molar-refractivity contribution is 5.49. The molecule has 0 heterocycles. The van der Waals surface area contributed by atoms with E-state index in [4.69, 9.17) is 4.74 Å². The maximum atomic E-state index is 6.03. The zero-order valence-corrected chi connectivity index (χ0v) is 15.0. The number of nitrogens with one attached hydrogen (secondary N) is 1. The molecule has 0 bridgehead atoms. The van der Waals surface area contributed by atoms with Gasteiger partial charge in [0, 0.05) is 24.2 Å². The third-order valence-electron chi connectivity index (χ3n) is 4.45. The van der Waals surface area contributed by atoms with Crippen LogP contribution >= 0.6 is 0 Å². The van der Waals surface area contributed by atoms with Crippen molar-refractivity contribution in [2.75, 3.05) is 11.9 Å². The second-order valence-corrected chi connectivity index (χ2v) is 6.34. The van der Waals surface area contributed by atoms with Gasteiger partial charge in [-0.2, -0.15) is 0 Å². The van der Waals surface area contributed by atoms with Crippen LogP contribution in [-0.2, 0) is 13.0 Å². The molecule has 3 aromatic carbocycles. The zero-order valence-electron chi connectivity index (χ0n) is 15.0. The molecular formula is C23H25NO. The Labute approximate surface area is 150 Å². The van der Waals surface area contributed by atoms with Crippen molar-refractivity contribution in [1.82, 2.24) is 0 Å². The Morgan fingerprint density at radius 3 is 2.36 bits per heavy atom. The Bertz CT molecular complexity index is 811. The predicted octanol–water partition coefficient (Wildman–Crippen LogP) is 5.54. The van der Waals surface area contributed by atoms with Crippen LogP contribution in [0.3, 0.4) is 0 Å². The molecule has 2 heteroatoms. The Morgan fingerprint density at radius 2 is 1.56 bits per heavy atom. The molecule has 2 nitrogen and oxygen atoms in total. The molecule has 0 unspecified atom stereocenters. The fraction of sp³-hybridized carbons (Fsp3) is 0.217. The van der Waals surface area contributed by atoms with E-state index in [0.717, 1.165) is 24.4 Å². The van der Waals surface area contributed by atoms with Gasteiger partial charge in [0.15, 0.2) is 0 Å². The first-order chi connectivity index (χ1) is 12.2. The summed E-state index contributed by atoms with van der Waals surface area (Å²) in [6.07, 6.45) is 0.916. The molecule has 3 aromatic rings. The van der Waals surface area contributed by atoms with Crippen LogP contribution in [0, 0.1) is 13.8 Å². The van der Waals surface area contributed by atoms with Crippen molar-refractivity contribution >= 4 is 5.69 Å². The Morgan fingerprint density at radius 1 is 0.800 bits per heavy atom. The Balaban J connectivity index is 1.59. The molecule has 0 spiro atoms. The van der Waals surface area contributed by atoms with Crippen molar-refractivity contribution < 1.29 is 4.74 Å². The van der Waals surface area contributed by atoms with E-state index in [1.807, 2.05) is 18.2 Å². The summed E-state index contributed by atoms with van der Waals surface area (Å²) in [5.41, 5.74) is 6.23. The van der Waals surface area contributed by atoms with Crippen molar-refractivity contribution in [3.05, 3.63) is 95.1 Å². The summed E-state index contributed by atoms with van der Waals surface area (Å²) in [6, 6.07) is 25.2. The lowest BCUT2D eigenvalue weighted by Crippen LogP contribution is -2.06. The van der Waals surface area contributed by atoms with Gasteiger partial charge in [0.2, 0.25) is 0 Å². The van der Waals surface area contributed by atoms with Crippen LogP contribution in [0.5, 0.6) is 5.75 Å². The number of hydrogen-bond acceptors (Lipinski definition) is 2. The number of rotatable bonds is 7. The number of aryl methyl sites for hydroxylation is 2. The number of ether oxygens (including phenoxy) is 1. The molecule has 0 aromatic heterocycles. The average molecular weight is 331 g/mol. The topological polar surface area (TPSA) is 21.3 Å². The third kappa shape index (κ3) is 4.87. The van der Waals surface area contributed by atoms with Crippen molar-refractivity contribution in [3.8, 4) is 5.75 Å². The Kier molecular flexibility index (Phi) is 5.73. The van der Waals surface area contributed by atoms with Crippen molar-refractivity contribution in [1.29, 1.82) is 0 Å². The highest BCUT2D eigenvalue weighted by Crippen LogP contribution is 2.21. The smallest absolute Gasteiger partial charge is 0.124 e. The van der Waals surface area contributed by atoms with Gasteiger partial charge in [0.05, 0.1) is 6.61 Å². The zero-order chi connectivity index (χ0) is 17.5. The van der Waals surface area contributed by atoms with Gasteiger partial charge in [-0.25, -0.2) is 0 Å². The molecule has 0 aliphatic carbocycles. The van der Waals surface area contributed by atoms with Gasteiger partial charge in [-0.3, -0.25) is 0 Å². The fourth-order valence-electron chi connectivity index (χ4n) is 2.76. The summed E-state index contributed by atoms with van der Waals surface area (Å²) >= 11 is 0. The standard InChI is InChI=1S/C23H25NO/c1-18-12-13-22(16-19(18)2)24-17-21-10-6-7-11-23(21)25-15-14-20-8-4-3-5-9-20/h3-13,16,24H,14-15,17H2,1-2H3. The van der Waals surface area contributed by atoms with Gasteiger partial charge >= 0.3 is 0 Å². The van der Waals surface area contributed by atoms with Gasteiger partial charge in [-0.15, -0.1) is 0 Å². The highest BCUT2D eigenvalue weighted by atomic mass is 16.5. The summed E-state index contributed by atoms with van der Waals surface area (Å²) in [5.74, 6) is 0.953. The molecule has 0 saturated heterocycles. The second kappa shape index (κ2) is 8.39. The number of anilines is 1. The lowest BCUT2D eigenvalue weighted by atomic mass is 10.1. The van der Waals surface area contributed by atoms with Crippen LogP contribution in [0.2, 0.25) is 0 Å².